The highest BCUT2D eigenvalue weighted by Crippen LogP contribution is 2.28. The summed E-state index contributed by atoms with van der Waals surface area (Å²) in [5, 5.41) is 9.82. The first-order valence-electron chi connectivity index (χ1n) is 5.41. The van der Waals surface area contributed by atoms with E-state index in [0.717, 1.165) is 21.3 Å². The third kappa shape index (κ3) is 2.55. The minimum absolute atomic E-state index is 0.370. The van der Waals surface area contributed by atoms with E-state index in [0.29, 0.717) is 6.42 Å². The average molecular weight is 250 g/mol. The second-order valence-corrected chi connectivity index (χ2v) is 5.14. The van der Waals surface area contributed by atoms with Crippen LogP contribution in [0.1, 0.15) is 17.5 Å². The Kier molecular flexibility index (Phi) is 3.28. The zero-order valence-electron chi connectivity index (χ0n) is 9.73. The van der Waals surface area contributed by atoms with Gasteiger partial charge < -0.3 is 10.1 Å². The minimum Gasteiger partial charge on any atom is -0.481 e. The van der Waals surface area contributed by atoms with Gasteiger partial charge in [-0.05, 0) is 25.5 Å². The normalized spacial score (nSPS) is 12.6. The molecule has 0 aliphatic carbocycles. The van der Waals surface area contributed by atoms with Crippen molar-refractivity contribution >= 4 is 17.3 Å². The van der Waals surface area contributed by atoms with Crippen molar-refractivity contribution in [2.24, 2.45) is 5.92 Å². The quantitative estimate of drug-likeness (QED) is 0.876. The molecule has 2 heterocycles. The van der Waals surface area contributed by atoms with E-state index < -0.39 is 5.97 Å². The Hall–Kier alpha value is -1.62. The number of carboxylic acid groups (broad SMARTS) is 1. The topological polar surface area (TPSA) is 66.0 Å². The van der Waals surface area contributed by atoms with E-state index in [1.807, 2.05) is 25.3 Å². The fourth-order valence-corrected chi connectivity index (χ4v) is 2.74. The zero-order chi connectivity index (χ0) is 12.4. The van der Waals surface area contributed by atoms with Crippen LogP contribution in [0.4, 0.5) is 0 Å². The second-order valence-electron chi connectivity index (χ2n) is 4.05. The van der Waals surface area contributed by atoms with Crippen molar-refractivity contribution in [3.63, 3.8) is 0 Å². The molecule has 1 unspecified atom stereocenters. The van der Waals surface area contributed by atoms with Crippen LogP contribution in [0.3, 0.4) is 0 Å². The molecule has 2 N–H and O–H groups in total. The first kappa shape index (κ1) is 11.9. The van der Waals surface area contributed by atoms with Gasteiger partial charge in [-0.3, -0.25) is 4.79 Å². The van der Waals surface area contributed by atoms with Gasteiger partial charge in [0.25, 0.3) is 0 Å². The largest absolute Gasteiger partial charge is 0.481 e. The molecule has 5 heteroatoms. The summed E-state index contributed by atoms with van der Waals surface area (Å²) < 4.78 is 0. The molecule has 4 nitrogen and oxygen atoms in total. The number of carboxylic acids is 1. The molecule has 2 aromatic rings. The van der Waals surface area contributed by atoms with Crippen molar-refractivity contribution in [3.8, 4) is 10.7 Å². The molecule has 0 bridgehead atoms. The lowest BCUT2D eigenvalue weighted by Crippen LogP contribution is -2.11. The molecule has 0 aromatic carbocycles. The number of thiazole rings is 1. The number of nitrogens with one attached hydrogen (secondary N) is 1. The lowest BCUT2D eigenvalue weighted by Gasteiger charge is -2.03. The van der Waals surface area contributed by atoms with E-state index in [1.54, 1.807) is 18.3 Å². The molecule has 0 amide bonds. The molecule has 2 aromatic heterocycles. The lowest BCUT2D eigenvalue weighted by molar-refractivity contribution is -0.141. The highest BCUT2D eigenvalue weighted by Gasteiger charge is 2.16. The molecule has 0 aliphatic heterocycles. The maximum absolute atomic E-state index is 10.8. The first-order valence-corrected chi connectivity index (χ1v) is 6.22. The fourth-order valence-electron chi connectivity index (χ4n) is 1.56. The Labute approximate surface area is 103 Å². The van der Waals surface area contributed by atoms with Crippen LogP contribution >= 0.6 is 11.3 Å². The number of hydrogen-bond acceptors (Lipinski definition) is 3. The van der Waals surface area contributed by atoms with Gasteiger partial charge in [0.2, 0.25) is 0 Å². The minimum atomic E-state index is -0.765. The van der Waals surface area contributed by atoms with Gasteiger partial charge in [0.1, 0.15) is 5.01 Å². The first-order chi connectivity index (χ1) is 8.08. The van der Waals surface area contributed by atoms with Crippen molar-refractivity contribution in [3.05, 3.63) is 28.9 Å². The summed E-state index contributed by atoms with van der Waals surface area (Å²) in [7, 11) is 0. The van der Waals surface area contributed by atoms with Gasteiger partial charge in [0, 0.05) is 11.1 Å². The van der Waals surface area contributed by atoms with Gasteiger partial charge in [0.05, 0.1) is 17.3 Å². The van der Waals surface area contributed by atoms with Gasteiger partial charge in [-0.25, -0.2) is 4.98 Å². The smallest absolute Gasteiger partial charge is 0.306 e. The Balaban J connectivity index is 2.22. The van der Waals surface area contributed by atoms with E-state index in [9.17, 15) is 4.79 Å². The van der Waals surface area contributed by atoms with Crippen LogP contribution in [0, 0.1) is 12.8 Å². The van der Waals surface area contributed by atoms with Gasteiger partial charge >= 0.3 is 5.97 Å². The molecule has 0 radical (unpaired) electrons. The second kappa shape index (κ2) is 4.71. The van der Waals surface area contributed by atoms with Gasteiger partial charge in [-0.15, -0.1) is 11.3 Å². The number of aromatic nitrogens is 2. The predicted molar refractivity (Wildman–Crippen MR) is 67.1 cm³/mol. The van der Waals surface area contributed by atoms with Crippen LogP contribution in [-0.2, 0) is 11.2 Å². The van der Waals surface area contributed by atoms with E-state index >= 15 is 0 Å². The number of aliphatic carboxylic acids is 1. The Morgan fingerprint density at radius 1 is 1.65 bits per heavy atom. The van der Waals surface area contributed by atoms with Crippen LogP contribution in [0.2, 0.25) is 0 Å². The van der Waals surface area contributed by atoms with Crippen molar-refractivity contribution in [2.45, 2.75) is 20.3 Å². The maximum Gasteiger partial charge on any atom is 0.306 e. The van der Waals surface area contributed by atoms with Crippen LogP contribution in [-0.4, -0.2) is 21.0 Å². The van der Waals surface area contributed by atoms with Crippen LogP contribution in [0.15, 0.2) is 18.3 Å². The lowest BCUT2D eigenvalue weighted by atomic mass is 10.1. The van der Waals surface area contributed by atoms with Gasteiger partial charge in [0.15, 0.2) is 0 Å². The number of aryl methyl sites for hydroxylation is 1. The summed E-state index contributed by atoms with van der Waals surface area (Å²) in [6.07, 6.45) is 2.39. The number of carbonyl (C=O) groups is 1. The monoisotopic (exact) mass is 250 g/mol. The zero-order valence-corrected chi connectivity index (χ0v) is 10.5. The molecule has 90 valence electrons. The molecule has 0 saturated carbocycles. The molecule has 0 saturated heterocycles. The highest BCUT2D eigenvalue weighted by atomic mass is 32.1. The molecule has 17 heavy (non-hydrogen) atoms. The number of aromatic amines is 1. The van der Waals surface area contributed by atoms with Crippen molar-refractivity contribution in [1.82, 2.24) is 9.97 Å². The fraction of sp³-hybridized carbons (Fsp3) is 0.333. The summed E-state index contributed by atoms with van der Waals surface area (Å²) in [6, 6.07) is 3.88. The Morgan fingerprint density at radius 2 is 2.41 bits per heavy atom. The van der Waals surface area contributed by atoms with E-state index in [-0.39, 0.29) is 5.92 Å². The molecular formula is C12H14N2O2S. The van der Waals surface area contributed by atoms with Crippen molar-refractivity contribution in [2.75, 3.05) is 0 Å². The third-order valence-corrected chi connectivity index (χ3v) is 3.85. The summed E-state index contributed by atoms with van der Waals surface area (Å²) >= 11 is 1.56. The molecule has 2 rings (SSSR count). The van der Waals surface area contributed by atoms with Crippen molar-refractivity contribution in [1.29, 1.82) is 0 Å². The number of H-pyrrole nitrogens is 1. The number of rotatable bonds is 4. The molecule has 1 atom stereocenters. The van der Waals surface area contributed by atoms with E-state index in [4.69, 9.17) is 5.11 Å². The summed E-state index contributed by atoms with van der Waals surface area (Å²) in [4.78, 5) is 19.4. The summed E-state index contributed by atoms with van der Waals surface area (Å²) in [6.45, 7) is 3.64. The molecule has 0 spiro atoms. The predicted octanol–water partition coefficient (Wildman–Crippen LogP) is 2.71. The van der Waals surface area contributed by atoms with Crippen molar-refractivity contribution < 1.29 is 9.90 Å². The third-order valence-electron chi connectivity index (χ3n) is 2.63. The highest BCUT2D eigenvalue weighted by molar-refractivity contribution is 7.15. The molecular weight excluding hydrogens is 236 g/mol. The summed E-state index contributed by atoms with van der Waals surface area (Å²) in [5.74, 6) is -1.13. The van der Waals surface area contributed by atoms with Crippen LogP contribution < -0.4 is 0 Å². The van der Waals surface area contributed by atoms with Crippen LogP contribution in [0.25, 0.3) is 10.7 Å². The maximum atomic E-state index is 10.8. The van der Waals surface area contributed by atoms with Gasteiger partial charge in [-0.2, -0.15) is 0 Å². The van der Waals surface area contributed by atoms with E-state index in [2.05, 4.69) is 9.97 Å². The average Bonchev–Trinajstić information content (AvgIpc) is 2.88. The molecule has 0 aliphatic rings. The SMILES string of the molecule is Cc1nc(-c2ccc[nH]2)sc1CC(C)C(=O)O. The number of nitrogens with zero attached hydrogens (tertiary/aromatic N) is 1. The van der Waals surface area contributed by atoms with Gasteiger partial charge in [-0.1, -0.05) is 6.92 Å². The summed E-state index contributed by atoms with van der Waals surface area (Å²) in [5.41, 5.74) is 1.90. The standard InChI is InChI=1S/C12H14N2O2S/c1-7(12(15)16)6-10-8(2)14-11(17-10)9-4-3-5-13-9/h3-5,7,13H,6H2,1-2H3,(H,15,16). The Morgan fingerprint density at radius 3 is 3.00 bits per heavy atom. The Bertz CT molecular complexity index is 517. The van der Waals surface area contributed by atoms with E-state index in [1.165, 1.54) is 0 Å². The molecule has 0 fully saturated rings. The number of hydrogen-bond donors (Lipinski definition) is 2. The van der Waals surface area contributed by atoms with Crippen LogP contribution in [0.5, 0.6) is 0 Å².